The van der Waals surface area contributed by atoms with E-state index in [1.165, 1.54) is 18.3 Å². The van der Waals surface area contributed by atoms with Crippen LogP contribution in [0, 0.1) is 0 Å². The van der Waals surface area contributed by atoms with Crippen molar-refractivity contribution < 1.29 is 33.8 Å². The summed E-state index contributed by atoms with van der Waals surface area (Å²) in [5, 5.41) is 21.3. The molecule has 1 aliphatic rings. The third kappa shape index (κ3) is 6.09. The molecule has 0 bridgehead atoms. The smallest absolute Gasteiger partial charge is 0.346 e. The molecule has 0 radical (unpaired) electrons. The summed E-state index contributed by atoms with van der Waals surface area (Å²) in [7, 11) is 0. The average Bonchev–Trinajstić information content (AvgIpc) is 3.00. The van der Waals surface area contributed by atoms with Crippen LogP contribution in [0.2, 0.25) is 5.02 Å². The van der Waals surface area contributed by atoms with Crippen molar-refractivity contribution in [2.45, 2.75) is 32.9 Å². The van der Waals surface area contributed by atoms with Gasteiger partial charge in [-0.05, 0) is 61.9 Å². The zero-order valence-electron chi connectivity index (χ0n) is 23.7. The van der Waals surface area contributed by atoms with Crippen LogP contribution in [0.4, 0.5) is 0 Å². The van der Waals surface area contributed by atoms with Gasteiger partial charge < -0.3 is 19.4 Å². The summed E-state index contributed by atoms with van der Waals surface area (Å²) in [5.74, 6) is -3.04. The number of fused-ring (bicyclic) bond motifs is 2. The molecule has 1 atom stereocenters. The fourth-order valence-electron chi connectivity index (χ4n) is 4.73. The van der Waals surface area contributed by atoms with Crippen molar-refractivity contribution in [3.63, 3.8) is 0 Å². The van der Waals surface area contributed by atoms with E-state index in [1.807, 2.05) is 13.8 Å². The molecule has 1 heterocycles. The summed E-state index contributed by atoms with van der Waals surface area (Å²) >= 11 is 6.40. The number of halogens is 1. The molecule has 5 rings (SSSR count). The highest BCUT2D eigenvalue weighted by Gasteiger charge is 2.35. The Kier molecular flexibility index (Phi) is 8.59. The number of rotatable bonds is 8. The first-order valence-electron chi connectivity index (χ1n) is 13.5. The van der Waals surface area contributed by atoms with Gasteiger partial charge in [-0.2, -0.15) is 0 Å². The van der Waals surface area contributed by atoms with Gasteiger partial charge in [0.15, 0.2) is 11.6 Å². The van der Waals surface area contributed by atoms with E-state index >= 15 is 0 Å². The van der Waals surface area contributed by atoms with Crippen LogP contribution in [0.25, 0.3) is 11.0 Å². The van der Waals surface area contributed by atoms with Gasteiger partial charge in [-0.25, -0.2) is 9.59 Å². The maximum absolute atomic E-state index is 13.3. The number of allylic oxidation sites excluding steroid dienone is 2. The molecule has 0 fully saturated rings. The Morgan fingerprint density at radius 2 is 1.66 bits per heavy atom. The van der Waals surface area contributed by atoms with Crippen molar-refractivity contribution in [2.75, 3.05) is 0 Å². The highest BCUT2D eigenvalue weighted by molar-refractivity contribution is 6.37. The quantitative estimate of drug-likeness (QED) is 0.0769. The standard InChI is InChI=1S/C34H26ClNO8/c1-18(2)7-14-28(22-15-26(39)29-24(37)12-13-25(38)30(29)32(22)40)43-33(41)20-10-8-19(9-11-20)16-36-17-23-31(35)21-5-3-4-6-27(21)44-34(23)42/h3-13,15,17,28,37-38H,14,16H2,1-2H3/t28-/m1/s1. The summed E-state index contributed by atoms with van der Waals surface area (Å²) in [4.78, 5) is 56.0. The number of ketones is 2. The number of nitrogens with zero attached hydrogens (tertiary/aromatic N) is 1. The van der Waals surface area contributed by atoms with Crippen molar-refractivity contribution in [2.24, 2.45) is 4.99 Å². The first kappa shape index (κ1) is 30.2. The van der Waals surface area contributed by atoms with Gasteiger partial charge >= 0.3 is 11.6 Å². The van der Waals surface area contributed by atoms with Gasteiger partial charge in [-0.3, -0.25) is 14.6 Å². The van der Waals surface area contributed by atoms with Gasteiger partial charge in [0.25, 0.3) is 0 Å². The van der Waals surface area contributed by atoms with E-state index in [9.17, 15) is 29.4 Å². The summed E-state index contributed by atoms with van der Waals surface area (Å²) in [6.45, 7) is 3.85. The third-order valence-corrected chi connectivity index (χ3v) is 7.39. The molecular formula is C34H26ClNO8. The number of benzene rings is 3. The van der Waals surface area contributed by atoms with Gasteiger partial charge in [0.05, 0.1) is 33.8 Å². The molecule has 0 spiro atoms. The number of aromatic hydroxyl groups is 2. The number of carbonyl (C=O) groups is 3. The molecule has 9 nitrogen and oxygen atoms in total. The number of Topliss-reactive ketones (excluding diaryl/α,β-unsaturated/α-hetero) is 1. The van der Waals surface area contributed by atoms with Crippen molar-refractivity contribution in [1.29, 1.82) is 0 Å². The second kappa shape index (κ2) is 12.5. The Labute approximate surface area is 256 Å². The number of carbonyl (C=O) groups excluding carboxylic acids is 3. The van der Waals surface area contributed by atoms with Crippen molar-refractivity contribution in [3.8, 4) is 11.5 Å². The average molecular weight is 612 g/mol. The lowest BCUT2D eigenvalue weighted by atomic mass is 9.85. The van der Waals surface area contributed by atoms with Crippen LogP contribution >= 0.6 is 11.6 Å². The lowest BCUT2D eigenvalue weighted by molar-refractivity contribution is 0.0372. The monoisotopic (exact) mass is 611 g/mol. The molecule has 2 N–H and O–H groups in total. The highest BCUT2D eigenvalue weighted by Crippen LogP contribution is 2.36. The zero-order valence-corrected chi connectivity index (χ0v) is 24.4. The maximum Gasteiger partial charge on any atom is 0.346 e. The molecule has 0 saturated carbocycles. The molecule has 0 saturated heterocycles. The molecule has 10 heteroatoms. The van der Waals surface area contributed by atoms with Crippen molar-refractivity contribution in [1.82, 2.24) is 0 Å². The topological polar surface area (TPSA) is 143 Å². The number of ether oxygens (including phenoxy) is 1. The number of esters is 1. The summed E-state index contributed by atoms with van der Waals surface area (Å²) < 4.78 is 11.0. The van der Waals surface area contributed by atoms with E-state index in [2.05, 4.69) is 4.99 Å². The first-order valence-corrected chi connectivity index (χ1v) is 13.9. The molecular weight excluding hydrogens is 586 g/mol. The summed E-state index contributed by atoms with van der Waals surface area (Å²) in [6.07, 6.45) is 3.11. The minimum absolute atomic E-state index is 0.103. The molecule has 44 heavy (non-hydrogen) atoms. The molecule has 1 aromatic heterocycles. The Morgan fingerprint density at radius 1 is 0.977 bits per heavy atom. The summed E-state index contributed by atoms with van der Waals surface area (Å²) in [5.41, 5.74) is 0.963. The minimum atomic E-state index is -1.13. The number of para-hydroxylation sites is 1. The Bertz CT molecular complexity index is 1960. The lowest BCUT2D eigenvalue weighted by Crippen LogP contribution is -2.29. The maximum atomic E-state index is 13.3. The van der Waals surface area contributed by atoms with Crippen molar-refractivity contribution in [3.05, 3.63) is 127 Å². The van der Waals surface area contributed by atoms with E-state index < -0.39 is 40.8 Å². The minimum Gasteiger partial charge on any atom is -0.507 e. The Balaban J connectivity index is 1.33. The Hall–Kier alpha value is -5.28. The molecule has 1 aliphatic carbocycles. The molecule has 0 amide bonds. The van der Waals surface area contributed by atoms with Crippen LogP contribution < -0.4 is 5.63 Å². The Morgan fingerprint density at radius 3 is 2.36 bits per heavy atom. The summed E-state index contributed by atoms with van der Waals surface area (Å²) in [6, 6.07) is 15.6. The van der Waals surface area contributed by atoms with Gasteiger partial charge in [-0.15, -0.1) is 0 Å². The van der Waals surface area contributed by atoms with Crippen LogP contribution in [0.3, 0.4) is 0 Å². The van der Waals surface area contributed by atoms with Crippen LogP contribution in [-0.4, -0.2) is 40.1 Å². The molecule has 0 unspecified atom stereocenters. The molecule has 0 aliphatic heterocycles. The predicted molar refractivity (Wildman–Crippen MR) is 165 cm³/mol. The number of phenols is 2. The van der Waals surface area contributed by atoms with Gasteiger partial charge in [-0.1, -0.05) is 47.5 Å². The van der Waals surface area contributed by atoms with Gasteiger partial charge in [0.2, 0.25) is 0 Å². The van der Waals surface area contributed by atoms with Crippen LogP contribution in [-0.2, 0) is 11.3 Å². The highest BCUT2D eigenvalue weighted by atomic mass is 35.5. The van der Waals surface area contributed by atoms with Crippen LogP contribution in [0.1, 0.15) is 62.5 Å². The number of hydrogen-bond donors (Lipinski definition) is 2. The first-order chi connectivity index (χ1) is 21.0. The molecule has 3 aromatic carbocycles. The fourth-order valence-corrected chi connectivity index (χ4v) is 5.01. The van der Waals surface area contributed by atoms with E-state index in [0.717, 1.165) is 29.3 Å². The largest absolute Gasteiger partial charge is 0.507 e. The lowest BCUT2D eigenvalue weighted by Gasteiger charge is -2.23. The SMILES string of the molecule is CC(C)=CC[C@@H](OC(=O)c1ccc(CN=Cc2c(Cl)c3ccccc3oc2=O)cc1)C1=CC(=O)c2c(O)ccc(O)c2C1=O. The number of phenolic OH excluding ortho intramolecular Hbond substituents is 2. The van der Waals surface area contributed by atoms with Gasteiger partial charge in [0, 0.05) is 23.6 Å². The zero-order chi connectivity index (χ0) is 31.5. The van der Waals surface area contributed by atoms with E-state index in [0.29, 0.717) is 11.0 Å². The van der Waals surface area contributed by atoms with E-state index in [4.69, 9.17) is 20.8 Å². The fraction of sp³-hybridized carbons (Fsp3) is 0.147. The third-order valence-electron chi connectivity index (χ3n) is 6.99. The number of aliphatic imine (C=N–C) groups is 1. The molecule has 4 aromatic rings. The normalized spacial score (nSPS) is 13.5. The number of hydrogen-bond acceptors (Lipinski definition) is 9. The predicted octanol–water partition coefficient (Wildman–Crippen LogP) is 6.36. The van der Waals surface area contributed by atoms with Crippen LogP contribution in [0.5, 0.6) is 11.5 Å². The van der Waals surface area contributed by atoms with E-state index in [-0.39, 0.29) is 45.8 Å². The van der Waals surface area contributed by atoms with Crippen LogP contribution in [0.15, 0.2) is 98.2 Å². The second-order valence-corrected chi connectivity index (χ2v) is 10.7. The second-order valence-electron chi connectivity index (χ2n) is 10.3. The van der Waals surface area contributed by atoms with Gasteiger partial charge in [0.1, 0.15) is 23.2 Å². The van der Waals surface area contributed by atoms with Crippen molar-refractivity contribution >= 4 is 46.3 Å². The van der Waals surface area contributed by atoms with E-state index in [1.54, 1.807) is 42.5 Å². The molecule has 222 valence electrons.